The second-order valence-corrected chi connectivity index (χ2v) is 7.09. The molecule has 0 saturated carbocycles. The summed E-state index contributed by atoms with van der Waals surface area (Å²) in [6.07, 6.45) is 0. The van der Waals surface area contributed by atoms with Gasteiger partial charge in [0, 0.05) is 6.61 Å². The third-order valence-corrected chi connectivity index (χ3v) is 4.21. The predicted octanol–water partition coefficient (Wildman–Crippen LogP) is 2.67. The highest BCUT2D eigenvalue weighted by atomic mass is 35.5. The summed E-state index contributed by atoms with van der Waals surface area (Å²) in [6.45, 7) is 5.69. The van der Waals surface area contributed by atoms with Gasteiger partial charge in [-0.3, -0.25) is 0 Å². The molecule has 0 aliphatic carbocycles. The SMILES string of the molecule is CC(C)COCCOc1nc(Oc2ccc3c(c2)COB3O)c(Cl)cc1C#N. The summed E-state index contributed by atoms with van der Waals surface area (Å²) in [5, 5.41) is 19.2. The van der Waals surface area contributed by atoms with Crippen LogP contribution in [0.5, 0.6) is 17.5 Å². The van der Waals surface area contributed by atoms with Crippen LogP contribution in [-0.2, 0) is 16.0 Å². The van der Waals surface area contributed by atoms with E-state index in [1.165, 1.54) is 6.07 Å². The molecule has 0 fully saturated rings. The Morgan fingerprint density at radius 1 is 1.32 bits per heavy atom. The van der Waals surface area contributed by atoms with Crippen LogP contribution in [0.2, 0.25) is 5.02 Å². The molecule has 1 aromatic carbocycles. The first-order chi connectivity index (χ1) is 13.5. The number of aromatic nitrogens is 1. The summed E-state index contributed by atoms with van der Waals surface area (Å²) in [6, 6.07) is 8.63. The minimum Gasteiger partial charge on any atom is -0.474 e. The normalized spacial score (nSPS) is 12.8. The number of nitriles is 1. The van der Waals surface area contributed by atoms with E-state index in [1.807, 2.05) is 6.07 Å². The van der Waals surface area contributed by atoms with E-state index in [1.54, 1.807) is 18.2 Å². The molecule has 0 spiro atoms. The molecule has 0 unspecified atom stereocenters. The Hall–Kier alpha value is -2.31. The van der Waals surface area contributed by atoms with Gasteiger partial charge < -0.3 is 23.9 Å². The number of halogens is 1. The number of pyridine rings is 1. The largest absolute Gasteiger partial charge is 0.491 e. The zero-order valence-corrected chi connectivity index (χ0v) is 16.4. The molecule has 0 bridgehead atoms. The van der Waals surface area contributed by atoms with Crippen molar-refractivity contribution in [1.82, 2.24) is 4.98 Å². The molecule has 1 N–H and O–H groups in total. The Morgan fingerprint density at radius 3 is 2.89 bits per heavy atom. The van der Waals surface area contributed by atoms with E-state index in [9.17, 15) is 10.3 Å². The van der Waals surface area contributed by atoms with Gasteiger partial charge in [0.05, 0.1) is 13.2 Å². The molecule has 3 rings (SSSR count). The first kappa shape index (κ1) is 20.4. The third kappa shape index (κ3) is 4.94. The van der Waals surface area contributed by atoms with Crippen molar-refractivity contribution >= 4 is 24.2 Å². The average molecular weight is 403 g/mol. The van der Waals surface area contributed by atoms with Gasteiger partial charge >= 0.3 is 7.12 Å². The van der Waals surface area contributed by atoms with Gasteiger partial charge in [-0.05, 0) is 35.1 Å². The number of nitrogens with zero attached hydrogens (tertiary/aromatic N) is 2. The molecule has 2 aromatic rings. The van der Waals surface area contributed by atoms with E-state index in [0.29, 0.717) is 37.0 Å². The lowest BCUT2D eigenvalue weighted by Crippen LogP contribution is -2.27. The molecule has 1 aromatic heterocycles. The van der Waals surface area contributed by atoms with Crippen LogP contribution >= 0.6 is 11.6 Å². The van der Waals surface area contributed by atoms with Crippen LogP contribution in [0.15, 0.2) is 24.3 Å². The number of hydrogen-bond acceptors (Lipinski definition) is 7. The Labute approximate surface area is 168 Å². The lowest BCUT2D eigenvalue weighted by Gasteiger charge is -2.12. The van der Waals surface area contributed by atoms with Crippen molar-refractivity contribution in [2.24, 2.45) is 5.92 Å². The van der Waals surface area contributed by atoms with Crippen molar-refractivity contribution in [3.05, 3.63) is 40.4 Å². The molecule has 0 amide bonds. The quantitative estimate of drug-likeness (QED) is 0.536. The van der Waals surface area contributed by atoms with Gasteiger partial charge in [0.25, 0.3) is 0 Å². The molecule has 0 atom stereocenters. The van der Waals surface area contributed by atoms with E-state index >= 15 is 0 Å². The van der Waals surface area contributed by atoms with Gasteiger partial charge in [-0.2, -0.15) is 10.2 Å². The molecular formula is C19H20BClN2O5. The van der Waals surface area contributed by atoms with E-state index in [-0.39, 0.29) is 29.0 Å². The zero-order valence-electron chi connectivity index (χ0n) is 15.6. The minimum atomic E-state index is -0.918. The standard InChI is InChI=1S/C19H20BClN2O5/c1-12(2)10-25-5-6-26-18-13(9-22)8-17(21)19(23-18)28-15-3-4-16-14(7-15)11-27-20(16)24/h3-4,7-8,12,24H,5-6,10-11H2,1-2H3. The Bertz CT molecular complexity index is 887. The highest BCUT2D eigenvalue weighted by Crippen LogP contribution is 2.32. The summed E-state index contributed by atoms with van der Waals surface area (Å²) in [7, 11) is -0.918. The van der Waals surface area contributed by atoms with Gasteiger partial charge in [-0.1, -0.05) is 31.5 Å². The molecule has 1 aliphatic rings. The lowest BCUT2D eigenvalue weighted by atomic mass is 9.80. The second-order valence-electron chi connectivity index (χ2n) is 6.68. The Balaban J connectivity index is 1.72. The van der Waals surface area contributed by atoms with Crippen LogP contribution in [-0.4, -0.2) is 36.9 Å². The van der Waals surface area contributed by atoms with E-state index in [2.05, 4.69) is 18.8 Å². The molecule has 1 aliphatic heterocycles. The number of rotatable bonds is 8. The first-order valence-electron chi connectivity index (χ1n) is 8.89. The molecule has 7 nitrogen and oxygen atoms in total. The fourth-order valence-corrected chi connectivity index (χ4v) is 2.81. The van der Waals surface area contributed by atoms with Crippen molar-refractivity contribution in [3.63, 3.8) is 0 Å². The van der Waals surface area contributed by atoms with Crippen molar-refractivity contribution in [3.8, 4) is 23.6 Å². The molecule has 0 saturated heterocycles. The van der Waals surface area contributed by atoms with Gasteiger partial charge in [0.15, 0.2) is 0 Å². The zero-order chi connectivity index (χ0) is 20.1. The van der Waals surface area contributed by atoms with Crippen LogP contribution in [0, 0.1) is 17.2 Å². The summed E-state index contributed by atoms with van der Waals surface area (Å²) in [5.74, 6) is 1.18. The average Bonchev–Trinajstić information content (AvgIpc) is 3.03. The van der Waals surface area contributed by atoms with Crippen LogP contribution in [0.1, 0.15) is 25.0 Å². The van der Waals surface area contributed by atoms with Crippen molar-refractivity contribution in [2.45, 2.75) is 20.5 Å². The van der Waals surface area contributed by atoms with Crippen molar-refractivity contribution in [1.29, 1.82) is 5.26 Å². The van der Waals surface area contributed by atoms with Gasteiger partial charge in [-0.15, -0.1) is 0 Å². The fourth-order valence-electron chi connectivity index (χ4n) is 2.62. The van der Waals surface area contributed by atoms with Crippen LogP contribution in [0.3, 0.4) is 0 Å². The molecule has 9 heteroatoms. The van der Waals surface area contributed by atoms with Crippen molar-refractivity contribution < 1.29 is 23.9 Å². The number of benzene rings is 1. The maximum atomic E-state index is 9.70. The molecular weight excluding hydrogens is 382 g/mol. The maximum absolute atomic E-state index is 9.70. The highest BCUT2D eigenvalue weighted by molar-refractivity contribution is 6.61. The lowest BCUT2D eigenvalue weighted by molar-refractivity contribution is 0.0804. The smallest absolute Gasteiger partial charge is 0.474 e. The summed E-state index contributed by atoms with van der Waals surface area (Å²) in [5.41, 5.74) is 1.75. The number of ether oxygens (including phenoxy) is 3. The second kappa shape index (κ2) is 9.26. The van der Waals surface area contributed by atoms with E-state index < -0.39 is 7.12 Å². The topological polar surface area (TPSA) is 93.8 Å². The predicted molar refractivity (Wildman–Crippen MR) is 104 cm³/mol. The van der Waals surface area contributed by atoms with Crippen molar-refractivity contribution in [2.75, 3.05) is 19.8 Å². The number of hydrogen-bond donors (Lipinski definition) is 1. The number of fused-ring (bicyclic) bond motifs is 1. The monoisotopic (exact) mass is 402 g/mol. The summed E-state index contributed by atoms with van der Waals surface area (Å²) >= 11 is 6.21. The Morgan fingerprint density at radius 2 is 2.14 bits per heavy atom. The first-order valence-corrected chi connectivity index (χ1v) is 9.27. The van der Waals surface area contributed by atoms with Crippen LogP contribution in [0.4, 0.5) is 0 Å². The molecule has 2 heterocycles. The van der Waals surface area contributed by atoms with E-state index in [4.69, 9.17) is 30.5 Å². The maximum Gasteiger partial charge on any atom is 0.491 e. The third-order valence-electron chi connectivity index (χ3n) is 3.94. The minimum absolute atomic E-state index is 0.123. The summed E-state index contributed by atoms with van der Waals surface area (Å²) < 4.78 is 22.0. The Kier molecular flexibility index (Phi) is 6.76. The van der Waals surface area contributed by atoms with Gasteiger partial charge in [0.1, 0.15) is 29.0 Å². The molecule has 146 valence electrons. The summed E-state index contributed by atoms with van der Waals surface area (Å²) in [4.78, 5) is 4.24. The molecule has 28 heavy (non-hydrogen) atoms. The van der Waals surface area contributed by atoms with Gasteiger partial charge in [0.2, 0.25) is 11.8 Å². The molecule has 0 radical (unpaired) electrons. The van der Waals surface area contributed by atoms with E-state index in [0.717, 1.165) is 5.56 Å². The van der Waals surface area contributed by atoms with Crippen LogP contribution in [0.25, 0.3) is 0 Å². The highest BCUT2D eigenvalue weighted by Gasteiger charge is 2.27. The van der Waals surface area contributed by atoms with Crippen LogP contribution < -0.4 is 14.9 Å². The van der Waals surface area contributed by atoms with Gasteiger partial charge in [-0.25, -0.2) is 0 Å². The fraction of sp³-hybridized carbons (Fsp3) is 0.368.